The summed E-state index contributed by atoms with van der Waals surface area (Å²) in [5.74, 6) is 0.563. The van der Waals surface area contributed by atoms with Crippen LogP contribution in [0.25, 0.3) is 0 Å². The van der Waals surface area contributed by atoms with Gasteiger partial charge in [-0.05, 0) is 24.3 Å². The number of ether oxygens (including phenoxy) is 1. The van der Waals surface area contributed by atoms with E-state index in [9.17, 15) is 4.79 Å². The molecule has 0 fully saturated rings. The van der Waals surface area contributed by atoms with Crippen LogP contribution in [-0.4, -0.2) is 39.0 Å². The van der Waals surface area contributed by atoms with E-state index < -0.39 is 5.97 Å². The Bertz CT molecular complexity index is 565. The molecule has 7 heteroatoms. The van der Waals surface area contributed by atoms with Gasteiger partial charge in [-0.25, -0.2) is 4.79 Å². The van der Waals surface area contributed by atoms with E-state index in [4.69, 9.17) is 9.84 Å². The lowest BCUT2D eigenvalue weighted by molar-refractivity contribution is 0.0697. The second kappa shape index (κ2) is 6.67. The summed E-state index contributed by atoms with van der Waals surface area (Å²) in [5.41, 5.74) is 0.248. The standard InChI is InChI=1S/C13H16N4O3/c1-17-9-15-16-12(17)8-14-6-7-20-11-4-2-10(3-5-11)13(18)19/h2-5,9,14H,6-8H2,1H3,(H,18,19). The fraction of sp³-hybridized carbons (Fsp3) is 0.308. The van der Waals surface area contributed by atoms with Crippen molar-refractivity contribution in [2.45, 2.75) is 6.54 Å². The molecule has 2 N–H and O–H groups in total. The van der Waals surface area contributed by atoms with E-state index in [1.54, 1.807) is 18.5 Å². The molecule has 0 unspecified atom stereocenters. The zero-order valence-electron chi connectivity index (χ0n) is 11.1. The minimum atomic E-state index is -0.943. The van der Waals surface area contributed by atoms with E-state index in [-0.39, 0.29) is 5.56 Å². The van der Waals surface area contributed by atoms with Crippen LogP contribution in [-0.2, 0) is 13.6 Å². The van der Waals surface area contributed by atoms with E-state index in [1.807, 2.05) is 11.6 Å². The normalized spacial score (nSPS) is 10.4. The van der Waals surface area contributed by atoms with Crippen molar-refractivity contribution in [2.24, 2.45) is 7.05 Å². The molecule has 2 aromatic rings. The van der Waals surface area contributed by atoms with Gasteiger partial charge in [-0.2, -0.15) is 0 Å². The molecule has 20 heavy (non-hydrogen) atoms. The maximum atomic E-state index is 10.7. The Hall–Kier alpha value is -2.41. The first kappa shape index (κ1) is 14.0. The molecule has 0 saturated carbocycles. The molecule has 1 aromatic heterocycles. The average molecular weight is 276 g/mol. The number of hydrogen-bond donors (Lipinski definition) is 2. The monoisotopic (exact) mass is 276 g/mol. The first-order valence-corrected chi connectivity index (χ1v) is 6.16. The molecule has 0 radical (unpaired) electrons. The van der Waals surface area contributed by atoms with Crippen LogP contribution < -0.4 is 10.1 Å². The predicted molar refractivity (Wildman–Crippen MR) is 71.6 cm³/mol. The molecule has 0 atom stereocenters. The summed E-state index contributed by atoms with van der Waals surface area (Å²) in [4.78, 5) is 10.7. The average Bonchev–Trinajstić information content (AvgIpc) is 2.84. The minimum Gasteiger partial charge on any atom is -0.492 e. The Labute approximate surface area is 116 Å². The number of aromatic nitrogens is 3. The second-order valence-corrected chi connectivity index (χ2v) is 4.21. The van der Waals surface area contributed by atoms with Crippen LogP contribution in [0.15, 0.2) is 30.6 Å². The van der Waals surface area contributed by atoms with Crippen molar-refractivity contribution in [3.63, 3.8) is 0 Å². The highest BCUT2D eigenvalue weighted by Crippen LogP contribution is 2.11. The molecule has 0 aliphatic heterocycles. The number of carboxylic acid groups (broad SMARTS) is 1. The van der Waals surface area contributed by atoms with Gasteiger partial charge in [0.15, 0.2) is 0 Å². The lowest BCUT2D eigenvalue weighted by Gasteiger charge is -2.07. The fourth-order valence-corrected chi connectivity index (χ4v) is 1.60. The van der Waals surface area contributed by atoms with E-state index in [0.717, 1.165) is 5.82 Å². The van der Waals surface area contributed by atoms with Gasteiger partial charge in [0.05, 0.1) is 12.1 Å². The SMILES string of the molecule is Cn1cnnc1CNCCOc1ccc(C(=O)O)cc1. The smallest absolute Gasteiger partial charge is 0.335 e. The molecular formula is C13H16N4O3. The van der Waals surface area contributed by atoms with Crippen LogP contribution in [0.1, 0.15) is 16.2 Å². The number of nitrogens with zero attached hydrogens (tertiary/aromatic N) is 3. The topological polar surface area (TPSA) is 89.3 Å². The molecular weight excluding hydrogens is 260 g/mol. The summed E-state index contributed by atoms with van der Waals surface area (Å²) in [7, 11) is 1.89. The maximum Gasteiger partial charge on any atom is 0.335 e. The molecule has 0 spiro atoms. The van der Waals surface area contributed by atoms with Crippen LogP contribution >= 0.6 is 0 Å². The highest BCUT2D eigenvalue weighted by Gasteiger charge is 2.02. The van der Waals surface area contributed by atoms with Crippen LogP contribution in [0.5, 0.6) is 5.75 Å². The summed E-state index contributed by atoms with van der Waals surface area (Å²) in [6.07, 6.45) is 1.65. The number of hydrogen-bond acceptors (Lipinski definition) is 5. The zero-order chi connectivity index (χ0) is 14.4. The number of aryl methyl sites for hydroxylation is 1. The van der Waals surface area contributed by atoms with Gasteiger partial charge in [-0.3, -0.25) is 0 Å². The van der Waals surface area contributed by atoms with Crippen molar-refractivity contribution < 1.29 is 14.6 Å². The Balaban J connectivity index is 1.68. The molecule has 0 aliphatic carbocycles. The van der Waals surface area contributed by atoms with Gasteiger partial charge in [-0.15, -0.1) is 10.2 Å². The van der Waals surface area contributed by atoms with Gasteiger partial charge in [0.2, 0.25) is 0 Å². The van der Waals surface area contributed by atoms with Crippen molar-refractivity contribution in [3.05, 3.63) is 42.0 Å². The Morgan fingerprint density at radius 3 is 2.75 bits per heavy atom. The number of nitrogens with one attached hydrogen (secondary N) is 1. The fourth-order valence-electron chi connectivity index (χ4n) is 1.60. The van der Waals surface area contributed by atoms with Crippen molar-refractivity contribution in [1.29, 1.82) is 0 Å². The minimum absolute atomic E-state index is 0.248. The number of aromatic carboxylic acids is 1. The van der Waals surface area contributed by atoms with Crippen LogP contribution in [0.2, 0.25) is 0 Å². The van der Waals surface area contributed by atoms with Crippen molar-refractivity contribution in [2.75, 3.05) is 13.2 Å². The summed E-state index contributed by atoms with van der Waals surface area (Å²) in [6, 6.07) is 6.33. The molecule has 1 heterocycles. The third-order valence-electron chi connectivity index (χ3n) is 2.74. The quantitative estimate of drug-likeness (QED) is 0.723. The highest BCUT2D eigenvalue weighted by molar-refractivity contribution is 5.87. The number of rotatable bonds is 7. The van der Waals surface area contributed by atoms with Crippen LogP contribution in [0.4, 0.5) is 0 Å². The molecule has 0 aliphatic rings. The lowest BCUT2D eigenvalue weighted by Crippen LogP contribution is -2.22. The third-order valence-corrected chi connectivity index (χ3v) is 2.74. The zero-order valence-corrected chi connectivity index (χ0v) is 11.1. The number of carboxylic acids is 1. The van der Waals surface area contributed by atoms with Gasteiger partial charge in [-0.1, -0.05) is 0 Å². The van der Waals surface area contributed by atoms with E-state index in [0.29, 0.717) is 25.4 Å². The number of carbonyl (C=O) groups is 1. The van der Waals surface area contributed by atoms with Gasteiger partial charge in [0.25, 0.3) is 0 Å². The van der Waals surface area contributed by atoms with Gasteiger partial charge >= 0.3 is 5.97 Å². The Kier molecular flexibility index (Phi) is 4.67. The summed E-state index contributed by atoms with van der Waals surface area (Å²) in [5, 5.41) is 19.7. The maximum absolute atomic E-state index is 10.7. The molecule has 0 bridgehead atoms. The van der Waals surface area contributed by atoms with Crippen LogP contribution in [0, 0.1) is 0 Å². The van der Waals surface area contributed by atoms with Crippen molar-refractivity contribution in [1.82, 2.24) is 20.1 Å². The largest absolute Gasteiger partial charge is 0.492 e. The summed E-state index contributed by atoms with van der Waals surface area (Å²) in [6.45, 7) is 1.77. The molecule has 0 saturated heterocycles. The molecule has 2 rings (SSSR count). The Morgan fingerprint density at radius 1 is 1.40 bits per heavy atom. The number of benzene rings is 1. The van der Waals surface area contributed by atoms with E-state index >= 15 is 0 Å². The lowest BCUT2D eigenvalue weighted by atomic mass is 10.2. The summed E-state index contributed by atoms with van der Waals surface area (Å²) >= 11 is 0. The van der Waals surface area contributed by atoms with E-state index in [1.165, 1.54) is 12.1 Å². The second-order valence-electron chi connectivity index (χ2n) is 4.21. The molecule has 106 valence electrons. The predicted octanol–water partition coefficient (Wildman–Crippen LogP) is 0.682. The summed E-state index contributed by atoms with van der Waals surface area (Å²) < 4.78 is 7.34. The first-order chi connectivity index (χ1) is 9.66. The highest BCUT2D eigenvalue weighted by atomic mass is 16.5. The first-order valence-electron chi connectivity index (χ1n) is 6.16. The van der Waals surface area contributed by atoms with Crippen molar-refractivity contribution >= 4 is 5.97 Å². The van der Waals surface area contributed by atoms with Gasteiger partial charge in [0.1, 0.15) is 24.5 Å². The third kappa shape index (κ3) is 3.79. The molecule has 1 aromatic carbocycles. The van der Waals surface area contributed by atoms with Crippen molar-refractivity contribution in [3.8, 4) is 5.75 Å². The van der Waals surface area contributed by atoms with Crippen LogP contribution in [0.3, 0.4) is 0 Å². The molecule has 7 nitrogen and oxygen atoms in total. The Morgan fingerprint density at radius 2 is 2.15 bits per heavy atom. The molecule has 0 amide bonds. The van der Waals surface area contributed by atoms with Gasteiger partial charge in [0, 0.05) is 13.6 Å². The van der Waals surface area contributed by atoms with E-state index in [2.05, 4.69) is 15.5 Å². The van der Waals surface area contributed by atoms with Gasteiger partial charge < -0.3 is 19.7 Å².